The summed E-state index contributed by atoms with van der Waals surface area (Å²) in [6.45, 7) is 4.35. The molecule has 0 atom stereocenters. The predicted octanol–water partition coefficient (Wildman–Crippen LogP) is 0.586. The highest BCUT2D eigenvalue weighted by Crippen LogP contribution is 2.21. The third-order valence-electron chi connectivity index (χ3n) is 3.56. The van der Waals surface area contributed by atoms with Crippen LogP contribution in [0, 0.1) is 5.41 Å². The number of nitrogens with two attached hydrogens (primary N) is 1. The van der Waals surface area contributed by atoms with Crippen molar-refractivity contribution in [1.82, 2.24) is 9.88 Å². The average molecular weight is 317 g/mol. The number of hydrogen-bond acceptors (Lipinski definition) is 3. The van der Waals surface area contributed by atoms with Crippen LogP contribution in [0.5, 0.6) is 0 Å². The maximum atomic E-state index is 12.1. The Hall–Kier alpha value is -2.41. The number of rotatable bonds is 3. The highest BCUT2D eigenvalue weighted by atomic mass is 16.3. The van der Waals surface area contributed by atoms with Crippen LogP contribution in [-0.2, 0) is 4.79 Å². The monoisotopic (exact) mass is 317 g/mol. The summed E-state index contributed by atoms with van der Waals surface area (Å²) in [5.41, 5.74) is 6.84. The first kappa shape index (κ1) is 17.0. The van der Waals surface area contributed by atoms with E-state index < -0.39 is 5.60 Å². The lowest BCUT2D eigenvalue weighted by Crippen LogP contribution is -2.39. The number of aliphatic hydroxyl groups is 1. The molecule has 0 spiro atoms. The van der Waals surface area contributed by atoms with Gasteiger partial charge in [0, 0.05) is 24.8 Å². The van der Waals surface area contributed by atoms with Gasteiger partial charge in [0.25, 0.3) is 0 Å². The van der Waals surface area contributed by atoms with E-state index in [1.54, 1.807) is 24.9 Å². The van der Waals surface area contributed by atoms with Crippen LogP contribution in [-0.4, -0.2) is 45.5 Å². The number of amides is 1. The van der Waals surface area contributed by atoms with Gasteiger partial charge < -0.3 is 20.7 Å². The Morgan fingerprint density at radius 1 is 1.57 bits per heavy atom. The summed E-state index contributed by atoms with van der Waals surface area (Å²) < 4.78 is 0. The Morgan fingerprint density at radius 3 is 2.87 bits per heavy atom. The lowest BCUT2D eigenvalue weighted by Gasteiger charge is -2.29. The smallest absolute Gasteiger partial charge is 0.225 e. The van der Waals surface area contributed by atoms with E-state index in [1.807, 2.05) is 18.2 Å². The van der Waals surface area contributed by atoms with E-state index >= 15 is 0 Å². The molecule has 7 nitrogen and oxygen atoms in total. The molecule has 0 aliphatic carbocycles. The normalized spacial score (nSPS) is 16.2. The fourth-order valence-electron chi connectivity index (χ4n) is 2.52. The van der Waals surface area contributed by atoms with Crippen molar-refractivity contribution in [3.63, 3.8) is 0 Å². The fraction of sp³-hybridized carbons (Fsp3) is 0.438. The Balaban J connectivity index is 2.17. The van der Waals surface area contributed by atoms with Gasteiger partial charge >= 0.3 is 0 Å². The van der Waals surface area contributed by atoms with Crippen molar-refractivity contribution in [2.24, 2.45) is 10.7 Å². The molecule has 2 heterocycles. The quantitative estimate of drug-likeness (QED) is 0.482. The Kier molecular flexibility index (Phi) is 5.00. The van der Waals surface area contributed by atoms with E-state index in [0.29, 0.717) is 25.0 Å². The van der Waals surface area contributed by atoms with Gasteiger partial charge in [-0.1, -0.05) is 6.08 Å². The maximum absolute atomic E-state index is 12.1. The molecule has 1 amide bonds. The number of guanidine groups is 1. The molecule has 0 fully saturated rings. The molecular weight excluding hydrogens is 294 g/mol. The summed E-state index contributed by atoms with van der Waals surface area (Å²) in [5.74, 6) is -0.312. The van der Waals surface area contributed by atoms with E-state index in [-0.39, 0.29) is 18.3 Å². The van der Waals surface area contributed by atoms with Crippen LogP contribution in [0.4, 0.5) is 0 Å². The highest BCUT2D eigenvalue weighted by molar-refractivity contribution is 5.79. The number of H-pyrrole nitrogens is 1. The zero-order valence-corrected chi connectivity index (χ0v) is 13.5. The molecule has 0 bridgehead atoms. The molecule has 5 N–H and O–H groups in total. The number of hydrogen-bond donors (Lipinski definition) is 4. The van der Waals surface area contributed by atoms with Crippen LogP contribution in [0.3, 0.4) is 0 Å². The van der Waals surface area contributed by atoms with Gasteiger partial charge in [-0.05, 0) is 38.0 Å². The van der Waals surface area contributed by atoms with Gasteiger partial charge in [-0.2, -0.15) is 4.99 Å². The van der Waals surface area contributed by atoms with Gasteiger partial charge in [0.15, 0.2) is 0 Å². The summed E-state index contributed by atoms with van der Waals surface area (Å²) in [7, 11) is 0. The SMILES string of the molecule is CC(C)(O)CC(=O)N1CC=C(c2ccc[nH]/c2=N\C(=N)N)CC1. The predicted molar refractivity (Wildman–Crippen MR) is 88.4 cm³/mol. The van der Waals surface area contributed by atoms with Gasteiger partial charge in [-0.15, -0.1) is 0 Å². The van der Waals surface area contributed by atoms with E-state index in [9.17, 15) is 9.90 Å². The van der Waals surface area contributed by atoms with Crippen molar-refractivity contribution >= 4 is 17.4 Å². The zero-order valence-electron chi connectivity index (χ0n) is 13.5. The molecule has 124 valence electrons. The molecule has 1 aromatic rings. The number of carbonyl (C=O) groups excluding carboxylic acids is 1. The molecule has 1 aliphatic rings. The van der Waals surface area contributed by atoms with Gasteiger partial charge in [0.2, 0.25) is 11.9 Å². The molecule has 2 rings (SSSR count). The molecule has 0 aromatic carbocycles. The minimum absolute atomic E-state index is 0.0546. The number of aromatic amines is 1. The summed E-state index contributed by atoms with van der Waals surface area (Å²) in [6.07, 6.45) is 4.51. The van der Waals surface area contributed by atoms with Crippen molar-refractivity contribution in [1.29, 1.82) is 5.41 Å². The van der Waals surface area contributed by atoms with Crippen LogP contribution in [0.15, 0.2) is 29.4 Å². The van der Waals surface area contributed by atoms with E-state index in [1.165, 1.54) is 0 Å². The lowest BCUT2D eigenvalue weighted by atomic mass is 9.99. The second-order valence-electron chi connectivity index (χ2n) is 6.24. The first-order chi connectivity index (χ1) is 10.8. The van der Waals surface area contributed by atoms with Gasteiger partial charge in [-0.25, -0.2) is 0 Å². The number of nitrogens with zero attached hydrogens (tertiary/aromatic N) is 2. The topological polar surface area (TPSA) is 119 Å². The van der Waals surface area contributed by atoms with Gasteiger partial charge in [-0.3, -0.25) is 10.2 Å². The Labute approximate surface area is 135 Å². The van der Waals surface area contributed by atoms with Crippen molar-refractivity contribution in [3.05, 3.63) is 35.5 Å². The minimum atomic E-state index is -0.997. The molecule has 0 radical (unpaired) electrons. The minimum Gasteiger partial charge on any atom is -0.390 e. The summed E-state index contributed by atoms with van der Waals surface area (Å²) in [6, 6.07) is 3.78. The molecule has 1 aromatic heterocycles. The van der Waals surface area contributed by atoms with Crippen molar-refractivity contribution in [2.75, 3.05) is 13.1 Å². The van der Waals surface area contributed by atoms with Gasteiger partial charge in [0.1, 0.15) is 5.49 Å². The summed E-state index contributed by atoms with van der Waals surface area (Å²) in [4.78, 5) is 20.8. The molecule has 1 aliphatic heterocycles. The van der Waals surface area contributed by atoms with E-state index in [4.69, 9.17) is 11.1 Å². The Bertz CT molecular complexity index is 697. The molecule has 0 saturated heterocycles. The number of nitrogens with one attached hydrogen (secondary N) is 2. The first-order valence-corrected chi connectivity index (χ1v) is 7.52. The molecule has 0 unspecified atom stereocenters. The zero-order chi connectivity index (χ0) is 17.0. The maximum Gasteiger partial charge on any atom is 0.225 e. The average Bonchev–Trinajstić information content (AvgIpc) is 2.45. The van der Waals surface area contributed by atoms with E-state index in [2.05, 4.69) is 9.98 Å². The highest BCUT2D eigenvalue weighted by Gasteiger charge is 2.24. The van der Waals surface area contributed by atoms with Crippen LogP contribution in [0.25, 0.3) is 5.57 Å². The number of carbonyl (C=O) groups is 1. The third kappa shape index (κ3) is 4.79. The molecular formula is C16H23N5O2. The molecule has 23 heavy (non-hydrogen) atoms. The first-order valence-electron chi connectivity index (χ1n) is 7.52. The summed E-state index contributed by atoms with van der Waals surface area (Å²) in [5, 5.41) is 17.1. The summed E-state index contributed by atoms with van der Waals surface area (Å²) >= 11 is 0. The second kappa shape index (κ2) is 6.78. The van der Waals surface area contributed by atoms with Crippen molar-refractivity contribution in [3.8, 4) is 0 Å². The van der Waals surface area contributed by atoms with Crippen LogP contribution < -0.4 is 11.2 Å². The fourth-order valence-corrected chi connectivity index (χ4v) is 2.52. The number of aromatic nitrogens is 1. The number of pyridine rings is 1. The van der Waals surface area contributed by atoms with Crippen LogP contribution in [0.2, 0.25) is 0 Å². The van der Waals surface area contributed by atoms with Crippen LogP contribution >= 0.6 is 0 Å². The van der Waals surface area contributed by atoms with E-state index in [0.717, 1.165) is 11.1 Å². The molecule has 0 saturated carbocycles. The third-order valence-corrected chi connectivity index (χ3v) is 3.56. The largest absolute Gasteiger partial charge is 0.390 e. The molecule has 7 heteroatoms. The van der Waals surface area contributed by atoms with Crippen molar-refractivity contribution < 1.29 is 9.90 Å². The standard InChI is InChI=1S/C16H23N5O2/c1-16(2,23)10-13(22)21-8-5-11(6-9-21)12-4-3-7-19-14(12)20-15(17)18/h3-5,7,23H,6,8-10H2,1-2H3,(H4,17,18,19,20). The second-order valence-corrected chi connectivity index (χ2v) is 6.24. The van der Waals surface area contributed by atoms with Crippen molar-refractivity contribution in [2.45, 2.75) is 32.3 Å². The lowest BCUT2D eigenvalue weighted by molar-refractivity contribution is -0.134. The van der Waals surface area contributed by atoms with Gasteiger partial charge in [0.05, 0.1) is 12.0 Å². The Morgan fingerprint density at radius 2 is 2.30 bits per heavy atom. The van der Waals surface area contributed by atoms with Crippen LogP contribution in [0.1, 0.15) is 32.3 Å².